The molecule has 0 bridgehead atoms. The van der Waals surface area contributed by atoms with Crippen molar-refractivity contribution in [2.75, 3.05) is 12.4 Å². The highest BCUT2D eigenvalue weighted by molar-refractivity contribution is 6.00. The van der Waals surface area contributed by atoms with Crippen LogP contribution < -0.4 is 10.1 Å². The summed E-state index contributed by atoms with van der Waals surface area (Å²) in [5.74, 6) is 0.170. The number of halogens is 1. The van der Waals surface area contributed by atoms with Crippen LogP contribution in [-0.2, 0) is 4.79 Å². The second-order valence-corrected chi connectivity index (χ2v) is 10.7. The molecule has 7 rings (SSSR count). The fourth-order valence-corrected chi connectivity index (χ4v) is 5.78. The highest BCUT2D eigenvalue weighted by atomic mass is 19.1. The smallest absolute Gasteiger partial charge is 0.227 e. The second kappa shape index (κ2) is 10.7. The Bertz CT molecular complexity index is 1940. The number of ether oxygens (including phenoxy) is 1. The number of anilines is 1. The zero-order valence-corrected chi connectivity index (χ0v) is 22.9. The van der Waals surface area contributed by atoms with Gasteiger partial charge in [0, 0.05) is 40.7 Å². The topological polar surface area (TPSA) is 121 Å². The van der Waals surface area contributed by atoms with E-state index in [0.717, 1.165) is 58.8 Å². The molecular formula is C32H28FN7O2. The number of carbonyl (C=O) groups is 1. The number of nitrogens with one attached hydrogen (secondary N) is 3. The van der Waals surface area contributed by atoms with Crippen LogP contribution in [0.4, 0.5) is 10.1 Å². The molecule has 5 heterocycles. The summed E-state index contributed by atoms with van der Waals surface area (Å²) in [7, 11) is 1.51. The van der Waals surface area contributed by atoms with Crippen molar-refractivity contribution < 1.29 is 13.9 Å². The molecule has 10 heteroatoms. The van der Waals surface area contributed by atoms with Crippen molar-refractivity contribution in [3.05, 3.63) is 73.1 Å². The summed E-state index contributed by atoms with van der Waals surface area (Å²) >= 11 is 0. The first-order valence-corrected chi connectivity index (χ1v) is 14.0. The van der Waals surface area contributed by atoms with Gasteiger partial charge in [-0.05, 0) is 60.4 Å². The summed E-state index contributed by atoms with van der Waals surface area (Å²) in [4.78, 5) is 29.6. The van der Waals surface area contributed by atoms with E-state index in [-0.39, 0.29) is 17.6 Å². The zero-order valence-electron chi connectivity index (χ0n) is 22.9. The van der Waals surface area contributed by atoms with Crippen LogP contribution in [0.25, 0.3) is 55.7 Å². The Morgan fingerprint density at radius 2 is 1.86 bits per heavy atom. The molecule has 1 aliphatic rings. The van der Waals surface area contributed by atoms with Gasteiger partial charge in [0.2, 0.25) is 5.91 Å². The quantitative estimate of drug-likeness (QED) is 0.203. The van der Waals surface area contributed by atoms with E-state index in [1.54, 1.807) is 30.9 Å². The Morgan fingerprint density at radius 1 is 0.976 bits per heavy atom. The molecular weight excluding hydrogens is 533 g/mol. The number of aromatic nitrogens is 6. The summed E-state index contributed by atoms with van der Waals surface area (Å²) in [6.07, 6.45) is 12.1. The van der Waals surface area contributed by atoms with E-state index in [4.69, 9.17) is 4.74 Å². The van der Waals surface area contributed by atoms with Gasteiger partial charge < -0.3 is 15.0 Å². The van der Waals surface area contributed by atoms with E-state index in [0.29, 0.717) is 34.0 Å². The first-order valence-electron chi connectivity index (χ1n) is 14.0. The largest absolute Gasteiger partial charge is 0.497 e. The average Bonchev–Trinajstić information content (AvgIpc) is 3.65. The number of aromatic amines is 2. The molecule has 1 saturated carbocycles. The third-order valence-corrected chi connectivity index (χ3v) is 7.93. The number of rotatable bonds is 6. The highest BCUT2D eigenvalue weighted by Gasteiger charge is 2.21. The third-order valence-electron chi connectivity index (χ3n) is 7.93. The Balaban J connectivity index is 1.23. The predicted molar refractivity (Wildman–Crippen MR) is 159 cm³/mol. The Labute approximate surface area is 240 Å². The molecule has 210 valence electrons. The van der Waals surface area contributed by atoms with E-state index >= 15 is 0 Å². The van der Waals surface area contributed by atoms with Gasteiger partial charge in [-0.2, -0.15) is 5.10 Å². The molecule has 0 atom stereocenters. The molecule has 1 aromatic carbocycles. The lowest BCUT2D eigenvalue weighted by Gasteiger charge is -2.20. The Kier molecular flexibility index (Phi) is 6.58. The van der Waals surface area contributed by atoms with Gasteiger partial charge in [-0.15, -0.1) is 0 Å². The van der Waals surface area contributed by atoms with Crippen molar-refractivity contribution in [3.63, 3.8) is 0 Å². The zero-order chi connectivity index (χ0) is 28.6. The first kappa shape index (κ1) is 25.8. The van der Waals surface area contributed by atoms with Crippen molar-refractivity contribution in [1.82, 2.24) is 30.1 Å². The predicted octanol–water partition coefficient (Wildman–Crippen LogP) is 6.90. The van der Waals surface area contributed by atoms with Gasteiger partial charge in [0.25, 0.3) is 0 Å². The summed E-state index contributed by atoms with van der Waals surface area (Å²) in [6.45, 7) is 0. The summed E-state index contributed by atoms with van der Waals surface area (Å²) in [5, 5.41) is 12.4. The van der Waals surface area contributed by atoms with Crippen LogP contribution >= 0.6 is 0 Å². The van der Waals surface area contributed by atoms with Gasteiger partial charge in [0.1, 0.15) is 22.9 Å². The van der Waals surface area contributed by atoms with Crippen LogP contribution in [0.1, 0.15) is 32.1 Å². The Hall–Kier alpha value is -5.12. The molecule has 0 spiro atoms. The molecule has 1 amide bonds. The van der Waals surface area contributed by atoms with Crippen LogP contribution in [0.3, 0.4) is 0 Å². The number of pyridine rings is 3. The van der Waals surface area contributed by atoms with Crippen molar-refractivity contribution in [3.8, 4) is 39.5 Å². The van der Waals surface area contributed by atoms with Gasteiger partial charge in [-0.3, -0.25) is 19.9 Å². The number of H-pyrrole nitrogens is 2. The lowest BCUT2D eigenvalue weighted by molar-refractivity contribution is -0.120. The van der Waals surface area contributed by atoms with Crippen molar-refractivity contribution >= 4 is 33.5 Å². The van der Waals surface area contributed by atoms with Crippen LogP contribution in [-0.4, -0.2) is 43.2 Å². The minimum absolute atomic E-state index is 0.0534. The van der Waals surface area contributed by atoms with Gasteiger partial charge in [0.05, 0.1) is 42.1 Å². The summed E-state index contributed by atoms with van der Waals surface area (Å²) in [6, 6.07) is 12.3. The number of benzene rings is 1. The lowest BCUT2D eigenvalue weighted by Crippen LogP contribution is -2.24. The first-order chi connectivity index (χ1) is 20.6. The molecule has 0 unspecified atom stereocenters. The average molecular weight is 562 g/mol. The molecule has 42 heavy (non-hydrogen) atoms. The maximum atomic E-state index is 14.3. The number of amides is 1. The minimum atomic E-state index is -0.379. The fraction of sp³-hybridized carbons (Fsp3) is 0.219. The van der Waals surface area contributed by atoms with Crippen molar-refractivity contribution in [2.45, 2.75) is 32.1 Å². The van der Waals surface area contributed by atoms with E-state index in [1.807, 2.05) is 24.3 Å². The number of fused-ring (bicyclic) bond motifs is 2. The van der Waals surface area contributed by atoms with Crippen LogP contribution in [0, 0.1) is 11.7 Å². The van der Waals surface area contributed by atoms with Gasteiger partial charge in [-0.25, -0.2) is 9.37 Å². The van der Waals surface area contributed by atoms with Gasteiger partial charge in [0.15, 0.2) is 0 Å². The monoisotopic (exact) mass is 561 g/mol. The Morgan fingerprint density at radius 3 is 2.71 bits per heavy atom. The maximum Gasteiger partial charge on any atom is 0.227 e. The minimum Gasteiger partial charge on any atom is -0.497 e. The summed E-state index contributed by atoms with van der Waals surface area (Å²) in [5.41, 5.74) is 6.52. The van der Waals surface area contributed by atoms with Crippen LogP contribution in [0.5, 0.6) is 5.75 Å². The molecule has 6 aromatic rings. The summed E-state index contributed by atoms with van der Waals surface area (Å²) < 4.78 is 19.6. The normalized spacial score (nSPS) is 14.0. The number of nitrogens with zero attached hydrogens (tertiary/aromatic N) is 4. The van der Waals surface area contributed by atoms with Gasteiger partial charge >= 0.3 is 0 Å². The number of carbonyl (C=O) groups excluding carboxylic acids is 1. The molecule has 9 nitrogen and oxygen atoms in total. The van der Waals surface area contributed by atoms with Crippen molar-refractivity contribution in [1.29, 1.82) is 0 Å². The molecule has 0 aliphatic heterocycles. The third kappa shape index (κ3) is 4.85. The fourth-order valence-electron chi connectivity index (χ4n) is 5.78. The standard InChI is InChI=1S/C32H28FN7O2/c1-42-23-11-19(9-21(33)12-23)24-7-8-35-31-25(24)13-28(38-31)30-26-14-27(36-17-29(26)39-40-30)20-10-22(16-34-15-20)37-32(41)18-5-3-2-4-6-18/h7-18H,2-6H2,1H3,(H,35,38)(H,37,41)(H,39,40). The number of hydrogen-bond acceptors (Lipinski definition) is 6. The molecule has 0 radical (unpaired) electrons. The molecule has 0 saturated heterocycles. The lowest BCUT2D eigenvalue weighted by atomic mass is 9.88. The van der Waals surface area contributed by atoms with Crippen molar-refractivity contribution in [2.24, 2.45) is 5.92 Å². The SMILES string of the molecule is COc1cc(F)cc(-c2ccnc3[nH]c(-c4n[nH]c5cnc(-c6cncc(NC(=O)C7CCCCC7)c6)cc45)cc23)c1. The van der Waals surface area contributed by atoms with E-state index < -0.39 is 0 Å². The second-order valence-electron chi connectivity index (χ2n) is 10.7. The van der Waals surface area contributed by atoms with Crippen LogP contribution in [0.15, 0.2) is 67.3 Å². The highest BCUT2D eigenvalue weighted by Crippen LogP contribution is 2.35. The van der Waals surface area contributed by atoms with E-state index in [2.05, 4.69) is 35.5 Å². The van der Waals surface area contributed by atoms with E-state index in [1.165, 1.54) is 25.7 Å². The molecule has 3 N–H and O–H groups in total. The van der Waals surface area contributed by atoms with Crippen LogP contribution in [0.2, 0.25) is 0 Å². The molecule has 1 aliphatic carbocycles. The molecule has 5 aromatic heterocycles. The number of methoxy groups -OCH3 is 1. The van der Waals surface area contributed by atoms with E-state index in [9.17, 15) is 9.18 Å². The maximum absolute atomic E-state index is 14.3. The number of hydrogen-bond donors (Lipinski definition) is 3. The molecule has 1 fully saturated rings. The van der Waals surface area contributed by atoms with Gasteiger partial charge in [-0.1, -0.05) is 19.3 Å².